The number of pyridine rings is 1. The van der Waals surface area contributed by atoms with E-state index in [1.54, 1.807) is 19.6 Å². The predicted molar refractivity (Wildman–Crippen MR) is 176 cm³/mol. The fourth-order valence-corrected chi connectivity index (χ4v) is 7.37. The number of amides is 2. The molecule has 3 heterocycles. The summed E-state index contributed by atoms with van der Waals surface area (Å²) in [5.41, 5.74) is 4.22. The van der Waals surface area contributed by atoms with Crippen LogP contribution in [-0.4, -0.2) is 61.0 Å². The van der Waals surface area contributed by atoms with Gasteiger partial charge in [-0.15, -0.1) is 0 Å². The van der Waals surface area contributed by atoms with E-state index in [9.17, 15) is 9.59 Å². The number of hydrogen-bond donors (Lipinski definition) is 1. The topological polar surface area (TPSA) is 116 Å². The number of oxazole rings is 1. The molecule has 2 amide bonds. The number of carbonyl (C=O) groups excluding carboxylic acids is 2. The number of methoxy groups -OCH3 is 1. The van der Waals surface area contributed by atoms with Gasteiger partial charge in [0.25, 0.3) is 0 Å². The van der Waals surface area contributed by atoms with Crippen molar-refractivity contribution >= 4 is 17.8 Å². The molecule has 10 nitrogen and oxygen atoms in total. The summed E-state index contributed by atoms with van der Waals surface area (Å²) in [5.74, 6) is 3.67. The van der Waals surface area contributed by atoms with Crippen LogP contribution in [0.3, 0.4) is 0 Å². The molecule has 250 valence electrons. The van der Waals surface area contributed by atoms with E-state index in [1.165, 1.54) is 11.1 Å². The Balaban J connectivity index is 1.03. The van der Waals surface area contributed by atoms with Gasteiger partial charge in [-0.1, -0.05) is 12.1 Å². The van der Waals surface area contributed by atoms with Crippen molar-refractivity contribution in [3.8, 4) is 17.0 Å². The third-order valence-electron chi connectivity index (χ3n) is 10.5. The van der Waals surface area contributed by atoms with E-state index < -0.39 is 6.09 Å². The van der Waals surface area contributed by atoms with Crippen LogP contribution in [0.4, 0.5) is 10.6 Å². The van der Waals surface area contributed by atoms with Crippen LogP contribution in [0.1, 0.15) is 93.1 Å². The summed E-state index contributed by atoms with van der Waals surface area (Å²) in [6.07, 6.45) is 12.1. The largest absolute Gasteiger partial charge is 0.496 e. The number of aromatic nitrogens is 2. The molecular formula is C37H46N4O6. The van der Waals surface area contributed by atoms with Crippen LogP contribution in [-0.2, 0) is 14.3 Å². The minimum Gasteiger partial charge on any atom is -0.496 e. The van der Waals surface area contributed by atoms with Crippen molar-refractivity contribution in [1.82, 2.24) is 15.3 Å². The van der Waals surface area contributed by atoms with Gasteiger partial charge in [0, 0.05) is 30.1 Å². The molecule has 2 aromatic heterocycles. The van der Waals surface area contributed by atoms with Crippen molar-refractivity contribution in [1.29, 1.82) is 0 Å². The fraction of sp³-hybridized carbons (Fsp3) is 0.568. The van der Waals surface area contributed by atoms with E-state index in [4.69, 9.17) is 28.6 Å². The zero-order valence-corrected chi connectivity index (χ0v) is 27.5. The quantitative estimate of drug-likeness (QED) is 0.253. The van der Waals surface area contributed by atoms with Crippen molar-refractivity contribution in [2.75, 3.05) is 31.8 Å². The van der Waals surface area contributed by atoms with Crippen molar-refractivity contribution in [2.45, 2.75) is 95.1 Å². The van der Waals surface area contributed by atoms with Gasteiger partial charge in [0.15, 0.2) is 5.89 Å². The van der Waals surface area contributed by atoms with Crippen LogP contribution in [0, 0.1) is 18.8 Å². The second-order valence-electron chi connectivity index (χ2n) is 13.9. The lowest BCUT2D eigenvalue weighted by Gasteiger charge is -2.36. The maximum atomic E-state index is 14.3. The van der Waals surface area contributed by atoms with Gasteiger partial charge in [-0.25, -0.2) is 14.8 Å². The number of hydrogen-bond acceptors (Lipinski definition) is 8. The Labute approximate surface area is 276 Å². The van der Waals surface area contributed by atoms with Gasteiger partial charge < -0.3 is 23.9 Å². The maximum absolute atomic E-state index is 14.3. The number of carbonyl (C=O) groups is 2. The highest BCUT2D eigenvalue weighted by molar-refractivity contribution is 5.94. The van der Waals surface area contributed by atoms with Gasteiger partial charge in [-0.05, 0) is 112 Å². The summed E-state index contributed by atoms with van der Waals surface area (Å²) in [4.78, 5) is 38.0. The zero-order valence-electron chi connectivity index (χ0n) is 27.5. The lowest BCUT2D eigenvalue weighted by atomic mass is 9.78. The summed E-state index contributed by atoms with van der Waals surface area (Å²) >= 11 is 0. The van der Waals surface area contributed by atoms with Gasteiger partial charge >= 0.3 is 6.09 Å². The third kappa shape index (κ3) is 7.48. The number of anilines is 1. The molecule has 3 aliphatic carbocycles. The molecule has 1 saturated heterocycles. The highest BCUT2D eigenvalue weighted by Gasteiger charge is 2.35. The zero-order chi connectivity index (χ0) is 32.3. The molecule has 47 heavy (non-hydrogen) atoms. The first kappa shape index (κ1) is 31.7. The lowest BCUT2D eigenvalue weighted by molar-refractivity contribution is -0.124. The summed E-state index contributed by atoms with van der Waals surface area (Å²) < 4.78 is 22.1. The first-order valence-corrected chi connectivity index (χ1v) is 17.4. The Morgan fingerprint density at radius 1 is 0.957 bits per heavy atom. The van der Waals surface area contributed by atoms with Gasteiger partial charge in [-0.2, -0.15) is 0 Å². The molecule has 10 heteroatoms. The number of benzene rings is 1. The molecule has 3 saturated carbocycles. The molecular weight excluding hydrogens is 596 g/mol. The van der Waals surface area contributed by atoms with E-state index in [0.717, 1.165) is 61.4 Å². The summed E-state index contributed by atoms with van der Waals surface area (Å²) in [6, 6.07) is 10.5. The third-order valence-corrected chi connectivity index (χ3v) is 10.5. The molecule has 1 aliphatic heterocycles. The lowest BCUT2D eigenvalue weighted by Crippen LogP contribution is -2.49. The van der Waals surface area contributed by atoms with Gasteiger partial charge in [0.05, 0.1) is 26.4 Å². The number of aryl methyl sites for hydroxylation is 1. The van der Waals surface area contributed by atoms with Gasteiger partial charge in [0.2, 0.25) is 5.91 Å². The highest BCUT2D eigenvalue weighted by atomic mass is 16.6. The standard InChI is InChI=1S/C37H46N4O6/c1-23-17-28(11-14-33(23)44-2)25-5-3-24(4-6-25)19-41(34-18-29(15-16-38-34)32-22-46-35(40-32)26-7-8-26)36(42)27-9-12-31(13-10-27)47-37(43)39-30-20-45-21-30/h11,14-18,22,24-27,30-31H,3-10,12-13,19-21H2,1-2H3,(H,39,43)/t24-,25-,27-,31-. The van der Waals surface area contributed by atoms with Crippen LogP contribution in [0.5, 0.6) is 5.75 Å². The molecule has 4 aliphatic rings. The van der Waals surface area contributed by atoms with Crippen molar-refractivity contribution in [3.05, 3.63) is 59.8 Å². The van der Waals surface area contributed by atoms with E-state index in [0.29, 0.717) is 69.0 Å². The van der Waals surface area contributed by atoms with E-state index in [-0.39, 0.29) is 24.0 Å². The molecule has 0 radical (unpaired) electrons. The summed E-state index contributed by atoms with van der Waals surface area (Å²) in [5, 5.41) is 2.85. The molecule has 4 fully saturated rings. The van der Waals surface area contributed by atoms with Crippen LogP contribution in [0.25, 0.3) is 11.3 Å². The molecule has 0 bridgehead atoms. The van der Waals surface area contributed by atoms with E-state index >= 15 is 0 Å². The molecule has 0 spiro atoms. The first-order chi connectivity index (χ1) is 22.9. The molecule has 1 N–H and O–H groups in total. The number of alkyl carbamates (subject to hydrolysis) is 1. The Kier molecular flexibility index (Phi) is 9.47. The average molecular weight is 643 g/mol. The first-order valence-electron chi connectivity index (χ1n) is 17.4. The Morgan fingerprint density at radius 2 is 1.72 bits per heavy atom. The number of ether oxygens (including phenoxy) is 3. The normalized spacial score (nSPS) is 24.6. The molecule has 1 aromatic carbocycles. The minimum atomic E-state index is -0.395. The summed E-state index contributed by atoms with van der Waals surface area (Å²) in [7, 11) is 1.72. The molecule has 3 aromatic rings. The minimum absolute atomic E-state index is 0.0326. The summed E-state index contributed by atoms with van der Waals surface area (Å²) in [6.45, 7) is 3.80. The molecule has 0 unspecified atom stereocenters. The van der Waals surface area contributed by atoms with Crippen molar-refractivity contribution < 1.29 is 28.2 Å². The van der Waals surface area contributed by atoms with E-state index in [2.05, 4.69) is 30.4 Å². The number of rotatable bonds is 10. The van der Waals surface area contributed by atoms with Crippen molar-refractivity contribution in [2.24, 2.45) is 11.8 Å². The maximum Gasteiger partial charge on any atom is 0.407 e. The van der Waals surface area contributed by atoms with E-state index in [1.807, 2.05) is 17.0 Å². The second-order valence-corrected chi connectivity index (χ2v) is 13.9. The monoisotopic (exact) mass is 642 g/mol. The van der Waals surface area contributed by atoms with Gasteiger partial charge in [-0.3, -0.25) is 9.69 Å². The Hall–Kier alpha value is -3.92. The molecule has 7 rings (SSSR count). The highest BCUT2D eigenvalue weighted by Crippen LogP contribution is 2.41. The van der Waals surface area contributed by atoms with Crippen LogP contribution < -0.4 is 15.0 Å². The van der Waals surface area contributed by atoms with Gasteiger partial charge in [0.1, 0.15) is 29.6 Å². The smallest absolute Gasteiger partial charge is 0.407 e. The predicted octanol–water partition coefficient (Wildman–Crippen LogP) is 6.92. The van der Waals surface area contributed by atoms with Crippen molar-refractivity contribution in [3.63, 3.8) is 0 Å². The number of nitrogens with zero attached hydrogens (tertiary/aromatic N) is 3. The van der Waals surface area contributed by atoms with Crippen LogP contribution >= 0.6 is 0 Å². The average Bonchev–Trinajstić information content (AvgIpc) is 3.81. The fourth-order valence-electron chi connectivity index (χ4n) is 7.37. The Bertz CT molecular complexity index is 1550. The number of nitrogens with one attached hydrogen (secondary N) is 1. The van der Waals surface area contributed by atoms with Crippen LogP contribution in [0.15, 0.2) is 47.2 Å². The Morgan fingerprint density at radius 3 is 2.40 bits per heavy atom. The molecule has 0 atom stereocenters. The second kappa shape index (κ2) is 14.1. The van der Waals surface area contributed by atoms with Crippen LogP contribution in [0.2, 0.25) is 0 Å². The SMILES string of the molecule is COc1ccc([C@H]2CC[C@H](CN(c3cc(-c4coc(C5CC5)n4)ccn3)C(=O)[C@H]3CC[C@H](OC(=O)NC4COC4)CC3)CC2)cc1C.